The SMILES string of the molecule is CN1C(=O)C(NC(=S)NC(CO)c2ccccc2)N=C(c2ccccc2)c2cc(Cl)ccc21. The molecule has 2 atom stereocenters. The van der Waals surface area contributed by atoms with E-state index in [9.17, 15) is 9.90 Å². The molecular weight excluding hydrogens is 456 g/mol. The Morgan fingerprint density at radius 3 is 2.45 bits per heavy atom. The lowest BCUT2D eigenvalue weighted by atomic mass is 10.0. The van der Waals surface area contributed by atoms with Crippen LogP contribution in [0, 0.1) is 0 Å². The first-order valence-corrected chi connectivity index (χ1v) is 11.2. The van der Waals surface area contributed by atoms with E-state index >= 15 is 0 Å². The molecule has 3 aromatic rings. The maximum atomic E-state index is 13.3. The number of carbonyl (C=O) groups excluding carboxylic acids is 1. The smallest absolute Gasteiger partial charge is 0.272 e. The summed E-state index contributed by atoms with van der Waals surface area (Å²) < 4.78 is 0. The molecule has 1 amide bonds. The van der Waals surface area contributed by atoms with Gasteiger partial charge in [-0.05, 0) is 36.0 Å². The van der Waals surface area contributed by atoms with Crippen LogP contribution in [0.5, 0.6) is 0 Å². The third-order valence-electron chi connectivity index (χ3n) is 5.40. The van der Waals surface area contributed by atoms with Gasteiger partial charge in [-0.15, -0.1) is 0 Å². The zero-order valence-electron chi connectivity index (χ0n) is 17.9. The minimum Gasteiger partial charge on any atom is -0.394 e. The van der Waals surface area contributed by atoms with Crippen molar-refractivity contribution < 1.29 is 9.90 Å². The normalized spacial score (nSPS) is 16.3. The summed E-state index contributed by atoms with van der Waals surface area (Å²) in [6.45, 7) is -0.160. The lowest BCUT2D eigenvalue weighted by Gasteiger charge is -2.24. The van der Waals surface area contributed by atoms with Crippen molar-refractivity contribution in [3.8, 4) is 0 Å². The number of benzene rings is 3. The first-order chi connectivity index (χ1) is 16.0. The van der Waals surface area contributed by atoms with Crippen LogP contribution in [0.3, 0.4) is 0 Å². The summed E-state index contributed by atoms with van der Waals surface area (Å²) in [7, 11) is 1.70. The Bertz CT molecular complexity index is 1190. The molecule has 0 spiro atoms. The highest BCUT2D eigenvalue weighted by molar-refractivity contribution is 7.80. The summed E-state index contributed by atoms with van der Waals surface area (Å²) in [4.78, 5) is 19.6. The molecule has 0 aromatic heterocycles. The van der Waals surface area contributed by atoms with Gasteiger partial charge in [0.15, 0.2) is 5.11 Å². The van der Waals surface area contributed by atoms with E-state index in [0.29, 0.717) is 16.4 Å². The number of fused-ring (bicyclic) bond motifs is 1. The number of likely N-dealkylation sites (N-methyl/N-ethyl adjacent to an activating group) is 1. The van der Waals surface area contributed by atoms with Crippen LogP contribution >= 0.6 is 23.8 Å². The first-order valence-electron chi connectivity index (χ1n) is 10.4. The Kier molecular flexibility index (Phi) is 7.03. The van der Waals surface area contributed by atoms with E-state index in [0.717, 1.165) is 16.7 Å². The minimum absolute atomic E-state index is 0.160. The zero-order valence-corrected chi connectivity index (χ0v) is 19.5. The number of hydrogen-bond acceptors (Lipinski definition) is 4. The number of nitrogens with one attached hydrogen (secondary N) is 2. The fraction of sp³-hybridized carbons (Fsp3) is 0.160. The Hall–Kier alpha value is -3.26. The van der Waals surface area contributed by atoms with Gasteiger partial charge < -0.3 is 20.6 Å². The van der Waals surface area contributed by atoms with Gasteiger partial charge in [0.2, 0.25) is 6.17 Å². The van der Waals surface area contributed by atoms with Crippen molar-refractivity contribution in [2.75, 3.05) is 18.6 Å². The average molecular weight is 479 g/mol. The van der Waals surface area contributed by atoms with Crippen molar-refractivity contribution in [3.05, 3.63) is 101 Å². The van der Waals surface area contributed by atoms with Crippen LogP contribution < -0.4 is 15.5 Å². The molecule has 168 valence electrons. The predicted octanol–water partition coefficient (Wildman–Crippen LogP) is 3.68. The Morgan fingerprint density at radius 2 is 1.79 bits per heavy atom. The maximum Gasteiger partial charge on any atom is 0.272 e. The number of aliphatic imine (C=N–C) groups is 1. The summed E-state index contributed by atoms with van der Waals surface area (Å²) in [6, 6.07) is 24.0. The van der Waals surface area contributed by atoms with Gasteiger partial charge in [-0.3, -0.25) is 4.79 Å². The molecule has 3 aromatic carbocycles. The second-order valence-electron chi connectivity index (χ2n) is 7.57. The zero-order chi connectivity index (χ0) is 23.4. The molecule has 0 fully saturated rings. The summed E-state index contributed by atoms with van der Waals surface area (Å²) in [5, 5.41) is 16.7. The van der Waals surface area contributed by atoms with Gasteiger partial charge in [-0.25, -0.2) is 4.99 Å². The topological polar surface area (TPSA) is 77.0 Å². The number of aliphatic hydroxyl groups excluding tert-OH is 1. The first kappa shape index (κ1) is 22.9. The molecule has 1 heterocycles. The molecular formula is C25H23ClN4O2S. The largest absolute Gasteiger partial charge is 0.394 e. The molecule has 2 unspecified atom stereocenters. The molecule has 0 saturated carbocycles. The highest BCUT2D eigenvalue weighted by Gasteiger charge is 2.31. The Labute approximate surface area is 202 Å². The summed E-state index contributed by atoms with van der Waals surface area (Å²) >= 11 is 11.8. The molecule has 0 aliphatic carbocycles. The second-order valence-corrected chi connectivity index (χ2v) is 8.41. The van der Waals surface area contributed by atoms with E-state index in [2.05, 4.69) is 10.6 Å². The number of anilines is 1. The third kappa shape index (κ3) is 5.06. The molecule has 0 radical (unpaired) electrons. The molecule has 6 nitrogen and oxygen atoms in total. The highest BCUT2D eigenvalue weighted by Crippen LogP contribution is 2.29. The van der Waals surface area contributed by atoms with Crippen LogP contribution in [0.25, 0.3) is 0 Å². The lowest BCUT2D eigenvalue weighted by molar-refractivity contribution is -0.119. The van der Waals surface area contributed by atoms with E-state index in [4.69, 9.17) is 28.8 Å². The van der Waals surface area contributed by atoms with E-state index in [-0.39, 0.29) is 17.6 Å². The van der Waals surface area contributed by atoms with Crippen molar-refractivity contribution in [1.82, 2.24) is 10.6 Å². The van der Waals surface area contributed by atoms with Gasteiger partial charge in [0, 0.05) is 23.2 Å². The van der Waals surface area contributed by atoms with Crippen LogP contribution in [0.2, 0.25) is 5.02 Å². The molecule has 3 N–H and O–H groups in total. The summed E-state index contributed by atoms with van der Waals surface area (Å²) in [5.41, 5.74) is 3.82. The van der Waals surface area contributed by atoms with Gasteiger partial charge in [0.1, 0.15) is 0 Å². The number of carbonyl (C=O) groups is 1. The number of nitrogens with zero attached hydrogens (tertiary/aromatic N) is 2. The van der Waals surface area contributed by atoms with Crippen molar-refractivity contribution in [3.63, 3.8) is 0 Å². The Balaban J connectivity index is 1.67. The predicted molar refractivity (Wildman–Crippen MR) is 136 cm³/mol. The van der Waals surface area contributed by atoms with Crippen LogP contribution in [-0.2, 0) is 4.79 Å². The number of benzodiazepines with no additional fused rings is 1. The van der Waals surface area contributed by atoms with E-state index in [1.54, 1.807) is 18.0 Å². The number of halogens is 1. The van der Waals surface area contributed by atoms with Crippen LogP contribution in [0.1, 0.15) is 22.7 Å². The molecule has 0 bridgehead atoms. The molecule has 1 aliphatic heterocycles. The molecule has 33 heavy (non-hydrogen) atoms. The van der Waals surface area contributed by atoms with Gasteiger partial charge in [-0.1, -0.05) is 72.3 Å². The molecule has 1 aliphatic rings. The Morgan fingerprint density at radius 1 is 1.12 bits per heavy atom. The maximum absolute atomic E-state index is 13.3. The average Bonchev–Trinajstić information content (AvgIpc) is 2.94. The van der Waals surface area contributed by atoms with Crippen molar-refractivity contribution >= 4 is 46.2 Å². The fourth-order valence-corrected chi connectivity index (χ4v) is 4.14. The van der Waals surface area contributed by atoms with Gasteiger partial charge in [-0.2, -0.15) is 0 Å². The van der Waals surface area contributed by atoms with E-state index < -0.39 is 12.2 Å². The number of thiocarbonyl (C=S) groups is 1. The second kappa shape index (κ2) is 10.1. The minimum atomic E-state index is -0.966. The van der Waals surface area contributed by atoms with Gasteiger partial charge in [0.25, 0.3) is 5.91 Å². The monoisotopic (exact) mass is 478 g/mol. The van der Waals surface area contributed by atoms with E-state index in [1.165, 1.54) is 0 Å². The van der Waals surface area contributed by atoms with Crippen LogP contribution in [0.4, 0.5) is 5.69 Å². The number of amides is 1. The highest BCUT2D eigenvalue weighted by atomic mass is 35.5. The van der Waals surface area contributed by atoms with Crippen molar-refractivity contribution in [2.24, 2.45) is 4.99 Å². The number of aliphatic hydroxyl groups is 1. The van der Waals surface area contributed by atoms with Crippen LogP contribution in [0.15, 0.2) is 83.9 Å². The third-order valence-corrected chi connectivity index (χ3v) is 5.87. The van der Waals surface area contributed by atoms with Crippen LogP contribution in [-0.4, -0.2) is 41.7 Å². The number of hydrogen-bond donors (Lipinski definition) is 3. The summed E-state index contributed by atoms with van der Waals surface area (Å²) in [6.07, 6.45) is -0.966. The van der Waals surface area contributed by atoms with E-state index in [1.807, 2.05) is 72.8 Å². The molecule has 4 rings (SSSR count). The fourth-order valence-electron chi connectivity index (χ4n) is 3.71. The molecule has 8 heteroatoms. The number of rotatable bonds is 5. The molecule has 0 saturated heterocycles. The van der Waals surface area contributed by atoms with Crippen molar-refractivity contribution in [1.29, 1.82) is 0 Å². The lowest BCUT2D eigenvalue weighted by Crippen LogP contribution is -2.50. The van der Waals surface area contributed by atoms with Gasteiger partial charge >= 0.3 is 0 Å². The quantitative estimate of drug-likeness (QED) is 0.488. The standard InChI is InChI=1S/C25H23ClN4O2S/c1-30-21-13-12-18(26)14-19(21)22(17-10-6-3-7-11-17)28-23(24(30)32)29-25(33)27-20(15-31)16-8-4-2-5-9-16/h2-14,20,23,31H,15H2,1H3,(H2,27,29,33). The van der Waals surface area contributed by atoms with Crippen molar-refractivity contribution in [2.45, 2.75) is 12.2 Å². The van der Waals surface area contributed by atoms with Gasteiger partial charge in [0.05, 0.1) is 24.0 Å². The summed E-state index contributed by atoms with van der Waals surface area (Å²) in [5.74, 6) is -0.270.